The van der Waals surface area contributed by atoms with E-state index in [2.05, 4.69) is 0 Å². The molecule has 1 atom stereocenters. The number of nitrogens with zero attached hydrogens (tertiary/aromatic N) is 1. The van der Waals surface area contributed by atoms with Crippen molar-refractivity contribution in [1.82, 2.24) is 4.90 Å². The van der Waals surface area contributed by atoms with E-state index >= 15 is 0 Å². The van der Waals surface area contributed by atoms with E-state index in [0.717, 1.165) is 13.0 Å². The molecule has 5 heteroatoms. The Labute approximate surface area is 111 Å². The van der Waals surface area contributed by atoms with Crippen LogP contribution in [0.15, 0.2) is 0 Å². The lowest BCUT2D eigenvalue weighted by Gasteiger charge is -2.20. The third-order valence-corrected chi connectivity index (χ3v) is 2.44. The molecule has 0 spiro atoms. The van der Waals surface area contributed by atoms with Crippen LogP contribution in [-0.2, 0) is 9.53 Å². The fourth-order valence-electron chi connectivity index (χ4n) is 0.736. The standard InChI is InChI=1S/C9H18O3.C4H11NO/c1-5-9(3,4)8(11)12-6-7(2)10;1-5(2)3-4-6/h7,10H,5-6H2,1-4H3;6H,3-4H2,1-2H3. The number of likely N-dealkylation sites (N-methyl/N-ethyl adjacent to an activating group) is 1. The summed E-state index contributed by atoms with van der Waals surface area (Å²) in [6.45, 7) is 8.29. The van der Waals surface area contributed by atoms with Crippen molar-refractivity contribution in [3.63, 3.8) is 0 Å². The third-order valence-electron chi connectivity index (χ3n) is 2.44. The first-order valence-electron chi connectivity index (χ1n) is 6.28. The van der Waals surface area contributed by atoms with E-state index in [4.69, 9.17) is 14.9 Å². The lowest BCUT2D eigenvalue weighted by Crippen LogP contribution is -2.28. The van der Waals surface area contributed by atoms with Gasteiger partial charge >= 0.3 is 5.97 Å². The molecule has 0 amide bonds. The first kappa shape index (κ1) is 19.7. The number of ether oxygens (including phenoxy) is 1. The lowest BCUT2D eigenvalue weighted by molar-refractivity contribution is -0.156. The second-order valence-corrected chi connectivity index (χ2v) is 5.21. The number of hydrogen-bond acceptors (Lipinski definition) is 5. The summed E-state index contributed by atoms with van der Waals surface area (Å²) in [4.78, 5) is 13.2. The van der Waals surface area contributed by atoms with Gasteiger partial charge in [0.25, 0.3) is 0 Å². The Morgan fingerprint density at radius 2 is 1.89 bits per heavy atom. The van der Waals surface area contributed by atoms with Gasteiger partial charge in [-0.25, -0.2) is 0 Å². The summed E-state index contributed by atoms with van der Waals surface area (Å²) in [5.74, 6) is -0.245. The van der Waals surface area contributed by atoms with Crippen LogP contribution in [0.2, 0.25) is 0 Å². The van der Waals surface area contributed by atoms with Crippen molar-refractivity contribution in [3.8, 4) is 0 Å². The van der Waals surface area contributed by atoms with Crippen LogP contribution >= 0.6 is 0 Å². The summed E-state index contributed by atoms with van der Waals surface area (Å²) in [5, 5.41) is 17.1. The molecule has 18 heavy (non-hydrogen) atoms. The Bertz CT molecular complexity index is 215. The summed E-state index contributed by atoms with van der Waals surface area (Å²) >= 11 is 0. The Hall–Kier alpha value is -0.650. The molecule has 5 nitrogen and oxygen atoms in total. The van der Waals surface area contributed by atoms with E-state index in [9.17, 15) is 4.79 Å². The highest BCUT2D eigenvalue weighted by molar-refractivity contribution is 5.75. The van der Waals surface area contributed by atoms with Crippen LogP contribution in [0.3, 0.4) is 0 Å². The van der Waals surface area contributed by atoms with Crippen molar-refractivity contribution in [1.29, 1.82) is 0 Å². The zero-order valence-electron chi connectivity index (χ0n) is 12.6. The van der Waals surface area contributed by atoms with Gasteiger partial charge in [0.05, 0.1) is 18.1 Å². The van der Waals surface area contributed by atoms with Gasteiger partial charge in [-0.1, -0.05) is 6.92 Å². The molecule has 0 aliphatic rings. The van der Waals surface area contributed by atoms with Crippen molar-refractivity contribution in [2.75, 3.05) is 33.9 Å². The van der Waals surface area contributed by atoms with Crippen molar-refractivity contribution >= 4 is 5.97 Å². The molecule has 0 aromatic rings. The van der Waals surface area contributed by atoms with Crippen LogP contribution in [0, 0.1) is 5.41 Å². The molecule has 0 aliphatic carbocycles. The first-order valence-corrected chi connectivity index (χ1v) is 6.28. The predicted octanol–water partition coefficient (Wildman–Crippen LogP) is 0.887. The van der Waals surface area contributed by atoms with Crippen molar-refractivity contribution in [3.05, 3.63) is 0 Å². The van der Waals surface area contributed by atoms with Crippen LogP contribution in [0.25, 0.3) is 0 Å². The largest absolute Gasteiger partial charge is 0.463 e. The smallest absolute Gasteiger partial charge is 0.311 e. The Balaban J connectivity index is 0. The first-order chi connectivity index (χ1) is 8.17. The highest BCUT2D eigenvalue weighted by Gasteiger charge is 2.27. The highest BCUT2D eigenvalue weighted by atomic mass is 16.5. The molecular weight excluding hydrogens is 234 g/mol. The van der Waals surface area contributed by atoms with Crippen LogP contribution in [0.1, 0.15) is 34.1 Å². The zero-order chi connectivity index (χ0) is 14.8. The van der Waals surface area contributed by atoms with Gasteiger partial charge in [0.2, 0.25) is 0 Å². The van der Waals surface area contributed by atoms with Crippen LogP contribution in [0.4, 0.5) is 0 Å². The summed E-state index contributed by atoms with van der Waals surface area (Å²) in [6, 6.07) is 0. The number of aliphatic hydroxyl groups excluding tert-OH is 2. The normalized spacial score (nSPS) is 12.7. The number of rotatable bonds is 6. The second kappa shape index (κ2) is 10.3. The van der Waals surface area contributed by atoms with Crippen molar-refractivity contribution in [2.45, 2.75) is 40.2 Å². The summed E-state index contributed by atoms with van der Waals surface area (Å²) in [7, 11) is 3.85. The quantitative estimate of drug-likeness (QED) is 0.696. The van der Waals surface area contributed by atoms with Gasteiger partial charge in [0.15, 0.2) is 0 Å². The average molecular weight is 263 g/mol. The molecule has 0 aliphatic heterocycles. The van der Waals surface area contributed by atoms with Gasteiger partial charge < -0.3 is 19.8 Å². The SMILES string of the molecule is CCC(C)(C)C(=O)OCC(C)O.CN(C)CCO. The molecule has 110 valence electrons. The third kappa shape index (κ3) is 11.8. The van der Waals surface area contributed by atoms with Gasteiger partial charge in [0.1, 0.15) is 6.61 Å². The zero-order valence-corrected chi connectivity index (χ0v) is 12.6. The fourth-order valence-corrected chi connectivity index (χ4v) is 0.736. The van der Waals surface area contributed by atoms with E-state index < -0.39 is 11.5 Å². The molecule has 0 bridgehead atoms. The molecule has 0 saturated carbocycles. The number of aliphatic hydroxyl groups is 2. The molecule has 1 unspecified atom stereocenters. The van der Waals surface area contributed by atoms with Crippen LogP contribution in [-0.4, -0.2) is 61.0 Å². The van der Waals surface area contributed by atoms with Gasteiger partial charge in [-0.15, -0.1) is 0 Å². The molecule has 0 radical (unpaired) electrons. The van der Waals surface area contributed by atoms with E-state index in [-0.39, 0.29) is 19.2 Å². The molecule has 0 fully saturated rings. The molecule has 0 rings (SSSR count). The van der Waals surface area contributed by atoms with Crippen LogP contribution in [0.5, 0.6) is 0 Å². The minimum absolute atomic E-state index is 0.0856. The van der Waals surface area contributed by atoms with E-state index in [1.54, 1.807) is 6.92 Å². The number of hydrogen-bond donors (Lipinski definition) is 2. The molecule has 0 heterocycles. The monoisotopic (exact) mass is 263 g/mol. The van der Waals surface area contributed by atoms with Gasteiger partial charge in [-0.3, -0.25) is 4.79 Å². The minimum Gasteiger partial charge on any atom is -0.463 e. The van der Waals surface area contributed by atoms with Gasteiger partial charge in [-0.05, 0) is 41.3 Å². The fraction of sp³-hybridized carbons (Fsp3) is 0.923. The minimum atomic E-state index is -0.582. The summed E-state index contributed by atoms with van der Waals surface area (Å²) < 4.78 is 4.87. The van der Waals surface area contributed by atoms with E-state index in [1.807, 2.05) is 39.8 Å². The Morgan fingerprint density at radius 1 is 1.39 bits per heavy atom. The van der Waals surface area contributed by atoms with Crippen molar-refractivity contribution < 1.29 is 19.7 Å². The Kier molecular flexibility index (Phi) is 11.3. The molecule has 2 N–H and O–H groups in total. The maximum atomic E-state index is 11.3. The summed E-state index contributed by atoms with van der Waals surface area (Å²) in [6.07, 6.45) is 0.160. The molecule has 0 aromatic carbocycles. The number of esters is 1. The van der Waals surface area contributed by atoms with Gasteiger partial charge in [-0.2, -0.15) is 0 Å². The topological polar surface area (TPSA) is 70.0 Å². The van der Waals surface area contributed by atoms with Gasteiger partial charge in [0, 0.05) is 6.54 Å². The molecule has 0 saturated heterocycles. The van der Waals surface area contributed by atoms with Crippen LogP contribution < -0.4 is 0 Å². The molecular formula is C13H29NO4. The highest BCUT2D eigenvalue weighted by Crippen LogP contribution is 2.21. The van der Waals surface area contributed by atoms with E-state index in [1.165, 1.54) is 0 Å². The van der Waals surface area contributed by atoms with Crippen molar-refractivity contribution in [2.24, 2.45) is 5.41 Å². The maximum Gasteiger partial charge on any atom is 0.311 e. The second-order valence-electron chi connectivity index (χ2n) is 5.21. The number of carbonyl (C=O) groups excluding carboxylic acids is 1. The Morgan fingerprint density at radius 3 is 2.11 bits per heavy atom. The van der Waals surface area contributed by atoms with E-state index in [0.29, 0.717) is 0 Å². The maximum absolute atomic E-state index is 11.3. The lowest BCUT2D eigenvalue weighted by atomic mass is 9.91. The average Bonchev–Trinajstić information content (AvgIpc) is 2.26. The summed E-state index contributed by atoms with van der Waals surface area (Å²) in [5.41, 5.74) is -0.436. The predicted molar refractivity (Wildman–Crippen MR) is 72.4 cm³/mol. The number of carbonyl (C=O) groups is 1. The molecule has 0 aromatic heterocycles.